The fraction of sp³-hybridized carbons (Fsp3) is 0.650. The molecule has 9 heteroatoms. The molecule has 2 aromatic rings. The van der Waals surface area contributed by atoms with Crippen LogP contribution >= 0.6 is 11.3 Å². The Hall–Kier alpha value is -2.03. The summed E-state index contributed by atoms with van der Waals surface area (Å²) in [4.78, 5) is 18.4. The Labute approximate surface area is 173 Å². The van der Waals surface area contributed by atoms with Crippen LogP contribution in [0.1, 0.15) is 62.3 Å². The van der Waals surface area contributed by atoms with Gasteiger partial charge in [-0.1, -0.05) is 20.8 Å². The molecule has 4 heterocycles. The maximum absolute atomic E-state index is 13.8. The SMILES string of the molecule is CC(C)(C)c1cc2n(n1)[C@@H](C(F)F)C[C@@H](C1CCN(C(=O)c3cscn3)CC1)N2. The first kappa shape index (κ1) is 20.3. The van der Waals surface area contributed by atoms with E-state index >= 15 is 0 Å². The summed E-state index contributed by atoms with van der Waals surface area (Å²) in [5, 5.41) is 9.71. The number of halogens is 2. The van der Waals surface area contributed by atoms with Crippen LogP contribution in [-0.4, -0.2) is 51.1 Å². The van der Waals surface area contributed by atoms with E-state index in [2.05, 4.69) is 15.4 Å². The van der Waals surface area contributed by atoms with Crippen LogP contribution in [0.4, 0.5) is 14.6 Å². The number of amides is 1. The second-order valence-electron chi connectivity index (χ2n) is 9.00. The number of aromatic nitrogens is 3. The van der Waals surface area contributed by atoms with Gasteiger partial charge in [0.15, 0.2) is 0 Å². The van der Waals surface area contributed by atoms with E-state index in [0.29, 0.717) is 31.0 Å². The number of anilines is 1. The van der Waals surface area contributed by atoms with Gasteiger partial charge in [0.25, 0.3) is 12.3 Å². The summed E-state index contributed by atoms with van der Waals surface area (Å²) in [6.45, 7) is 7.36. The zero-order valence-electron chi connectivity index (χ0n) is 16.9. The largest absolute Gasteiger partial charge is 0.367 e. The summed E-state index contributed by atoms with van der Waals surface area (Å²) in [7, 11) is 0. The van der Waals surface area contributed by atoms with Gasteiger partial charge in [-0.15, -0.1) is 11.3 Å². The van der Waals surface area contributed by atoms with Crippen molar-refractivity contribution < 1.29 is 13.6 Å². The van der Waals surface area contributed by atoms with Crippen molar-refractivity contribution in [3.8, 4) is 0 Å². The summed E-state index contributed by atoms with van der Waals surface area (Å²) >= 11 is 1.41. The van der Waals surface area contributed by atoms with Crippen LogP contribution in [0, 0.1) is 5.92 Å². The lowest BCUT2D eigenvalue weighted by molar-refractivity contribution is 0.0535. The zero-order chi connectivity index (χ0) is 20.8. The molecule has 0 unspecified atom stereocenters. The van der Waals surface area contributed by atoms with Crippen LogP contribution in [-0.2, 0) is 5.41 Å². The average molecular weight is 424 g/mol. The molecular weight excluding hydrogens is 396 g/mol. The highest BCUT2D eigenvalue weighted by molar-refractivity contribution is 7.07. The number of likely N-dealkylation sites (tertiary alicyclic amines) is 1. The lowest BCUT2D eigenvalue weighted by atomic mass is 9.85. The Morgan fingerprint density at radius 3 is 2.62 bits per heavy atom. The highest BCUT2D eigenvalue weighted by Gasteiger charge is 2.39. The number of rotatable bonds is 3. The van der Waals surface area contributed by atoms with Crippen LogP contribution in [0.3, 0.4) is 0 Å². The number of piperidine rings is 1. The van der Waals surface area contributed by atoms with Gasteiger partial charge in [0.1, 0.15) is 17.6 Å². The second-order valence-corrected chi connectivity index (χ2v) is 9.72. The van der Waals surface area contributed by atoms with Gasteiger partial charge in [0, 0.05) is 36.0 Å². The lowest BCUT2D eigenvalue weighted by Gasteiger charge is -2.40. The quantitative estimate of drug-likeness (QED) is 0.805. The van der Waals surface area contributed by atoms with Gasteiger partial charge in [-0.05, 0) is 25.2 Å². The predicted octanol–water partition coefficient (Wildman–Crippen LogP) is 4.18. The van der Waals surface area contributed by atoms with E-state index in [1.807, 2.05) is 31.7 Å². The third-order valence-corrected chi connectivity index (χ3v) is 6.57. The standard InChI is InChI=1S/C20H27F2N5OS/c1-20(2,3)16-9-17-24-13(8-15(18(21)22)27(17)25-16)12-4-6-26(7-5-12)19(28)14-10-29-11-23-14/h9-13,15,18,24H,4-8H2,1-3H3/t13-,15+/m0/s1. The monoisotopic (exact) mass is 423 g/mol. The molecule has 2 aromatic heterocycles. The molecule has 1 amide bonds. The Kier molecular flexibility index (Phi) is 5.35. The van der Waals surface area contributed by atoms with E-state index < -0.39 is 12.5 Å². The van der Waals surface area contributed by atoms with Crippen LogP contribution in [0.2, 0.25) is 0 Å². The molecule has 0 aromatic carbocycles. The first-order valence-electron chi connectivity index (χ1n) is 10.1. The zero-order valence-corrected chi connectivity index (χ0v) is 17.8. The minimum atomic E-state index is -2.46. The van der Waals surface area contributed by atoms with Gasteiger partial charge in [0.05, 0.1) is 11.2 Å². The van der Waals surface area contributed by atoms with Gasteiger partial charge in [0.2, 0.25) is 0 Å². The molecule has 4 rings (SSSR count). The third kappa shape index (κ3) is 4.01. The normalized spacial score (nSPS) is 23.2. The van der Waals surface area contributed by atoms with Crippen molar-refractivity contribution in [3.05, 3.63) is 28.3 Å². The maximum Gasteiger partial charge on any atom is 0.273 e. The number of nitrogens with one attached hydrogen (secondary N) is 1. The van der Waals surface area contributed by atoms with E-state index in [1.54, 1.807) is 10.9 Å². The van der Waals surface area contributed by atoms with Crippen LogP contribution in [0.25, 0.3) is 0 Å². The molecule has 158 valence electrons. The van der Waals surface area contributed by atoms with Crippen molar-refractivity contribution in [1.82, 2.24) is 19.7 Å². The van der Waals surface area contributed by atoms with Gasteiger partial charge < -0.3 is 10.2 Å². The molecular formula is C20H27F2N5OS. The van der Waals surface area contributed by atoms with Gasteiger partial charge in [-0.25, -0.2) is 18.4 Å². The minimum Gasteiger partial charge on any atom is -0.367 e. The third-order valence-electron chi connectivity index (χ3n) is 5.99. The number of hydrogen-bond donors (Lipinski definition) is 1. The van der Waals surface area contributed by atoms with Crippen molar-refractivity contribution in [3.63, 3.8) is 0 Å². The van der Waals surface area contributed by atoms with Crippen LogP contribution in [0.15, 0.2) is 17.0 Å². The summed E-state index contributed by atoms with van der Waals surface area (Å²) in [6.07, 6.45) is -0.522. The highest BCUT2D eigenvalue weighted by atomic mass is 32.1. The fourth-order valence-electron chi connectivity index (χ4n) is 4.24. The number of carbonyl (C=O) groups excluding carboxylic acids is 1. The molecule has 1 saturated heterocycles. The Balaban J connectivity index is 1.46. The lowest BCUT2D eigenvalue weighted by Crippen LogP contribution is -2.46. The number of nitrogens with zero attached hydrogens (tertiary/aromatic N) is 4. The number of hydrogen-bond acceptors (Lipinski definition) is 5. The molecule has 1 N–H and O–H groups in total. The number of fused-ring (bicyclic) bond motifs is 1. The molecule has 2 atom stereocenters. The average Bonchev–Trinajstić information content (AvgIpc) is 3.36. The highest BCUT2D eigenvalue weighted by Crippen LogP contribution is 2.38. The fourth-order valence-corrected chi connectivity index (χ4v) is 4.76. The Morgan fingerprint density at radius 1 is 1.31 bits per heavy atom. The molecule has 2 aliphatic rings. The van der Waals surface area contributed by atoms with E-state index in [1.165, 1.54) is 16.0 Å². The molecule has 0 bridgehead atoms. The Bertz CT molecular complexity index is 853. The number of carbonyl (C=O) groups is 1. The minimum absolute atomic E-state index is 0.0393. The summed E-state index contributed by atoms with van der Waals surface area (Å²) in [5.74, 6) is 0.884. The van der Waals surface area contributed by atoms with Crippen molar-refractivity contribution in [1.29, 1.82) is 0 Å². The molecule has 0 radical (unpaired) electrons. The second kappa shape index (κ2) is 7.66. The first-order valence-corrected chi connectivity index (χ1v) is 11.0. The molecule has 0 saturated carbocycles. The molecule has 29 heavy (non-hydrogen) atoms. The van der Waals surface area contributed by atoms with E-state index in [4.69, 9.17) is 0 Å². The maximum atomic E-state index is 13.8. The number of thiazole rings is 1. The summed E-state index contributed by atoms with van der Waals surface area (Å²) in [6, 6.07) is 0.951. The van der Waals surface area contributed by atoms with Crippen molar-refractivity contribution in [2.75, 3.05) is 18.4 Å². The van der Waals surface area contributed by atoms with Crippen LogP contribution in [0.5, 0.6) is 0 Å². The molecule has 0 spiro atoms. The molecule has 1 fully saturated rings. The summed E-state index contributed by atoms with van der Waals surface area (Å²) in [5.41, 5.74) is 2.76. The van der Waals surface area contributed by atoms with E-state index in [0.717, 1.165) is 18.5 Å². The summed E-state index contributed by atoms with van der Waals surface area (Å²) < 4.78 is 29.1. The van der Waals surface area contributed by atoms with Gasteiger partial charge in [-0.3, -0.25) is 4.79 Å². The molecule has 2 aliphatic heterocycles. The number of alkyl halides is 2. The molecule has 0 aliphatic carbocycles. The molecule has 6 nitrogen and oxygen atoms in total. The van der Waals surface area contributed by atoms with E-state index in [-0.39, 0.29) is 23.3 Å². The van der Waals surface area contributed by atoms with Crippen molar-refractivity contribution in [2.45, 2.75) is 64.0 Å². The predicted molar refractivity (Wildman–Crippen MR) is 109 cm³/mol. The van der Waals surface area contributed by atoms with Crippen molar-refractivity contribution in [2.24, 2.45) is 5.92 Å². The van der Waals surface area contributed by atoms with Crippen molar-refractivity contribution >= 4 is 23.1 Å². The van der Waals surface area contributed by atoms with Gasteiger partial charge in [-0.2, -0.15) is 5.10 Å². The Morgan fingerprint density at radius 2 is 2.03 bits per heavy atom. The van der Waals surface area contributed by atoms with Gasteiger partial charge >= 0.3 is 0 Å². The van der Waals surface area contributed by atoms with Crippen LogP contribution < -0.4 is 5.32 Å². The smallest absolute Gasteiger partial charge is 0.273 e. The van der Waals surface area contributed by atoms with E-state index in [9.17, 15) is 13.6 Å². The first-order chi connectivity index (χ1) is 13.7. The topological polar surface area (TPSA) is 63.1 Å².